The summed E-state index contributed by atoms with van der Waals surface area (Å²) >= 11 is 6.22. The lowest BCUT2D eigenvalue weighted by Crippen LogP contribution is -2.49. The third kappa shape index (κ3) is 4.21. The fraction of sp³-hybridized carbons (Fsp3) is 0.350. The van der Waals surface area contributed by atoms with Crippen molar-refractivity contribution in [2.45, 2.75) is 25.9 Å². The van der Waals surface area contributed by atoms with E-state index in [4.69, 9.17) is 16.3 Å². The summed E-state index contributed by atoms with van der Waals surface area (Å²) in [5.41, 5.74) is 2.80. The van der Waals surface area contributed by atoms with Crippen LogP contribution in [0.1, 0.15) is 24.1 Å². The third-order valence-electron chi connectivity index (χ3n) is 4.60. The van der Waals surface area contributed by atoms with Crippen LogP contribution in [0.4, 0.5) is 5.69 Å². The number of benzene rings is 2. The Morgan fingerprint density at radius 3 is 2.68 bits per heavy atom. The lowest BCUT2D eigenvalue weighted by Gasteiger charge is -2.40. The van der Waals surface area contributed by atoms with E-state index < -0.39 is 0 Å². The molecule has 4 nitrogen and oxygen atoms in total. The SMILES string of the molecule is Cc1cccc(Cl)c1NC(=O)CN1[C@@H](c2ccccc2)COC[C@@H]1C. The zero-order valence-corrected chi connectivity index (χ0v) is 15.3. The number of amides is 1. The molecule has 1 amide bonds. The molecule has 1 aliphatic heterocycles. The second-order valence-electron chi connectivity index (χ2n) is 6.47. The molecular formula is C20H23ClN2O2. The van der Waals surface area contributed by atoms with Crippen LogP contribution >= 0.6 is 11.6 Å². The summed E-state index contributed by atoms with van der Waals surface area (Å²) in [6, 6.07) is 16.0. The molecule has 1 N–H and O–H groups in total. The summed E-state index contributed by atoms with van der Waals surface area (Å²) in [5.74, 6) is -0.0640. The molecule has 2 atom stereocenters. The minimum atomic E-state index is -0.0640. The Balaban J connectivity index is 1.75. The first-order valence-corrected chi connectivity index (χ1v) is 8.87. The fourth-order valence-corrected chi connectivity index (χ4v) is 3.48. The maximum atomic E-state index is 12.7. The number of carbonyl (C=O) groups is 1. The Hall–Kier alpha value is -1.88. The van der Waals surface area contributed by atoms with Gasteiger partial charge in [-0.05, 0) is 31.0 Å². The number of ether oxygens (including phenoxy) is 1. The van der Waals surface area contributed by atoms with Crippen LogP contribution < -0.4 is 5.32 Å². The van der Waals surface area contributed by atoms with Crippen LogP contribution in [-0.4, -0.2) is 36.6 Å². The maximum Gasteiger partial charge on any atom is 0.238 e. The van der Waals surface area contributed by atoms with E-state index in [1.165, 1.54) is 0 Å². The molecule has 0 saturated carbocycles. The molecule has 1 fully saturated rings. The molecule has 132 valence electrons. The van der Waals surface area contributed by atoms with E-state index in [2.05, 4.69) is 29.3 Å². The van der Waals surface area contributed by atoms with Crippen LogP contribution in [0.25, 0.3) is 0 Å². The number of nitrogens with zero attached hydrogens (tertiary/aromatic N) is 1. The lowest BCUT2D eigenvalue weighted by atomic mass is 10.0. The summed E-state index contributed by atoms with van der Waals surface area (Å²) in [6.07, 6.45) is 0. The molecule has 25 heavy (non-hydrogen) atoms. The predicted octanol–water partition coefficient (Wildman–Crippen LogP) is 4.05. The summed E-state index contributed by atoms with van der Waals surface area (Å²) in [7, 11) is 0. The Kier molecular flexibility index (Phi) is 5.74. The van der Waals surface area contributed by atoms with Gasteiger partial charge in [0, 0.05) is 6.04 Å². The number of rotatable bonds is 4. The van der Waals surface area contributed by atoms with E-state index in [0.29, 0.717) is 30.5 Å². The molecule has 5 heteroatoms. The normalized spacial score (nSPS) is 21.1. The standard InChI is InChI=1S/C20H23ClN2O2/c1-14-7-6-10-17(21)20(14)22-19(24)11-23-15(2)12-25-13-18(23)16-8-4-3-5-9-16/h3-10,15,18H,11-13H2,1-2H3,(H,22,24)/t15-,18+/m0/s1. The van der Waals surface area contributed by atoms with Crippen molar-refractivity contribution in [1.29, 1.82) is 0 Å². The van der Waals surface area contributed by atoms with Crippen molar-refractivity contribution in [2.24, 2.45) is 0 Å². The Morgan fingerprint density at radius 2 is 1.96 bits per heavy atom. The Labute approximate surface area is 153 Å². The molecule has 1 heterocycles. The van der Waals surface area contributed by atoms with Gasteiger partial charge in [0.15, 0.2) is 0 Å². The van der Waals surface area contributed by atoms with Crippen LogP contribution in [0.2, 0.25) is 5.02 Å². The minimum Gasteiger partial charge on any atom is -0.378 e. The Bertz CT molecular complexity index is 715. The molecule has 0 unspecified atom stereocenters. The minimum absolute atomic E-state index is 0.0640. The largest absolute Gasteiger partial charge is 0.378 e. The van der Waals surface area contributed by atoms with E-state index in [1.54, 1.807) is 6.07 Å². The van der Waals surface area contributed by atoms with Crippen molar-refractivity contribution in [1.82, 2.24) is 4.90 Å². The zero-order valence-electron chi connectivity index (χ0n) is 14.5. The topological polar surface area (TPSA) is 41.6 Å². The first-order valence-electron chi connectivity index (χ1n) is 8.49. The van der Waals surface area contributed by atoms with Crippen molar-refractivity contribution in [2.75, 3.05) is 25.1 Å². The lowest BCUT2D eigenvalue weighted by molar-refractivity contribution is -0.121. The number of hydrogen-bond acceptors (Lipinski definition) is 3. The molecule has 1 aliphatic rings. The molecule has 3 rings (SSSR count). The van der Waals surface area contributed by atoms with Gasteiger partial charge in [-0.15, -0.1) is 0 Å². The predicted molar refractivity (Wildman–Crippen MR) is 101 cm³/mol. The van der Waals surface area contributed by atoms with Gasteiger partial charge >= 0.3 is 0 Å². The number of carbonyl (C=O) groups excluding carboxylic acids is 1. The van der Waals surface area contributed by atoms with Crippen LogP contribution in [0, 0.1) is 6.92 Å². The maximum absolute atomic E-state index is 12.7. The second kappa shape index (κ2) is 8.00. The number of morpholine rings is 1. The van der Waals surface area contributed by atoms with Crippen LogP contribution in [0.5, 0.6) is 0 Å². The number of para-hydroxylation sites is 1. The van der Waals surface area contributed by atoms with Gasteiger partial charge in [-0.25, -0.2) is 0 Å². The smallest absolute Gasteiger partial charge is 0.238 e. The first kappa shape index (κ1) is 17.9. The van der Waals surface area contributed by atoms with Crippen LogP contribution in [0.15, 0.2) is 48.5 Å². The van der Waals surface area contributed by atoms with Gasteiger partial charge < -0.3 is 10.1 Å². The zero-order chi connectivity index (χ0) is 17.8. The highest BCUT2D eigenvalue weighted by Gasteiger charge is 2.31. The highest BCUT2D eigenvalue weighted by molar-refractivity contribution is 6.33. The fourth-order valence-electron chi connectivity index (χ4n) is 3.21. The first-order chi connectivity index (χ1) is 12.1. The number of aryl methyl sites for hydroxylation is 1. The monoisotopic (exact) mass is 358 g/mol. The third-order valence-corrected chi connectivity index (χ3v) is 4.91. The van der Waals surface area contributed by atoms with E-state index in [9.17, 15) is 4.79 Å². The Morgan fingerprint density at radius 1 is 1.20 bits per heavy atom. The van der Waals surface area contributed by atoms with E-state index >= 15 is 0 Å². The van der Waals surface area contributed by atoms with Gasteiger partial charge in [-0.2, -0.15) is 0 Å². The van der Waals surface area contributed by atoms with Crippen LogP contribution in [-0.2, 0) is 9.53 Å². The summed E-state index contributed by atoms with van der Waals surface area (Å²) in [6.45, 7) is 5.54. The molecule has 0 radical (unpaired) electrons. The highest BCUT2D eigenvalue weighted by atomic mass is 35.5. The average molecular weight is 359 g/mol. The summed E-state index contributed by atoms with van der Waals surface area (Å²) < 4.78 is 5.72. The van der Waals surface area contributed by atoms with Crippen molar-refractivity contribution in [3.05, 3.63) is 64.7 Å². The van der Waals surface area contributed by atoms with Gasteiger partial charge in [-0.1, -0.05) is 54.1 Å². The molecule has 0 spiro atoms. The van der Waals surface area contributed by atoms with Crippen LogP contribution in [0.3, 0.4) is 0 Å². The van der Waals surface area contributed by atoms with Gasteiger partial charge in [0.2, 0.25) is 5.91 Å². The van der Waals surface area contributed by atoms with Gasteiger partial charge in [0.05, 0.1) is 36.5 Å². The molecule has 0 aromatic heterocycles. The highest BCUT2D eigenvalue weighted by Crippen LogP contribution is 2.28. The summed E-state index contributed by atoms with van der Waals surface area (Å²) in [5, 5.41) is 3.52. The van der Waals surface area contributed by atoms with Crippen molar-refractivity contribution in [3.63, 3.8) is 0 Å². The molecular weight excluding hydrogens is 336 g/mol. The van der Waals surface area contributed by atoms with Gasteiger partial charge in [0.1, 0.15) is 0 Å². The molecule has 1 saturated heterocycles. The quantitative estimate of drug-likeness (QED) is 0.896. The van der Waals surface area contributed by atoms with Crippen molar-refractivity contribution in [3.8, 4) is 0 Å². The van der Waals surface area contributed by atoms with Crippen molar-refractivity contribution < 1.29 is 9.53 Å². The van der Waals surface area contributed by atoms with Gasteiger partial charge in [-0.3, -0.25) is 9.69 Å². The van der Waals surface area contributed by atoms with E-state index in [-0.39, 0.29) is 18.0 Å². The van der Waals surface area contributed by atoms with E-state index in [0.717, 1.165) is 11.1 Å². The van der Waals surface area contributed by atoms with E-state index in [1.807, 2.05) is 37.3 Å². The number of halogens is 1. The number of nitrogens with one attached hydrogen (secondary N) is 1. The number of anilines is 1. The summed E-state index contributed by atoms with van der Waals surface area (Å²) in [4.78, 5) is 14.9. The molecule has 0 aliphatic carbocycles. The second-order valence-corrected chi connectivity index (χ2v) is 6.87. The average Bonchev–Trinajstić information content (AvgIpc) is 2.61. The van der Waals surface area contributed by atoms with Gasteiger partial charge in [0.25, 0.3) is 0 Å². The number of hydrogen-bond donors (Lipinski definition) is 1. The van der Waals surface area contributed by atoms with Crippen molar-refractivity contribution >= 4 is 23.2 Å². The molecule has 2 aromatic carbocycles. The molecule has 0 bridgehead atoms. The molecule has 2 aromatic rings.